The first-order valence-electron chi connectivity index (χ1n) is 6.66. The molecule has 122 valence electrons. The van der Waals surface area contributed by atoms with E-state index >= 15 is 0 Å². The highest BCUT2D eigenvalue weighted by molar-refractivity contribution is 7.13. The average Bonchev–Trinajstić information content (AvgIpc) is 2.95. The van der Waals surface area contributed by atoms with Crippen LogP contribution in [0.3, 0.4) is 0 Å². The minimum atomic E-state index is -0.760. The van der Waals surface area contributed by atoms with Crippen molar-refractivity contribution < 1.29 is 9.59 Å². The van der Waals surface area contributed by atoms with Crippen LogP contribution in [0.1, 0.15) is 10.5 Å². The largest absolute Gasteiger partial charge is 0.364 e. The standard InChI is InChI=1S/C14H10ClN5O3S/c15-7-2-1-3-8(4-7)18-9(21)5-20-6-17-10-11(13(16)22)19-24-12(10)14(20)23/h1-4,6H,5H2,(H2,16,22)(H,18,21). The number of carbonyl (C=O) groups is 2. The van der Waals surface area contributed by atoms with Gasteiger partial charge in [0.1, 0.15) is 16.8 Å². The third-order valence-corrected chi connectivity index (χ3v) is 4.16. The number of nitrogens with two attached hydrogens (primary N) is 1. The number of primary amides is 1. The number of aromatic nitrogens is 3. The van der Waals surface area contributed by atoms with Crippen LogP contribution in [0.2, 0.25) is 5.02 Å². The molecule has 1 aromatic carbocycles. The quantitative estimate of drug-likeness (QED) is 0.722. The van der Waals surface area contributed by atoms with Crippen LogP contribution in [0, 0.1) is 0 Å². The van der Waals surface area contributed by atoms with Gasteiger partial charge < -0.3 is 11.1 Å². The molecule has 0 saturated carbocycles. The van der Waals surface area contributed by atoms with Crippen molar-refractivity contribution in [3.8, 4) is 0 Å². The summed E-state index contributed by atoms with van der Waals surface area (Å²) in [5, 5.41) is 3.12. The Morgan fingerprint density at radius 1 is 1.38 bits per heavy atom. The Labute approximate surface area is 144 Å². The van der Waals surface area contributed by atoms with Crippen LogP contribution in [0.5, 0.6) is 0 Å². The fourth-order valence-electron chi connectivity index (χ4n) is 2.05. The summed E-state index contributed by atoms with van der Waals surface area (Å²) in [4.78, 5) is 39.6. The molecule has 3 aromatic rings. The molecule has 0 aliphatic rings. The predicted molar refractivity (Wildman–Crippen MR) is 90.3 cm³/mol. The lowest BCUT2D eigenvalue weighted by Gasteiger charge is -2.07. The summed E-state index contributed by atoms with van der Waals surface area (Å²) in [7, 11) is 0. The maximum absolute atomic E-state index is 12.3. The zero-order valence-electron chi connectivity index (χ0n) is 12.0. The first-order chi connectivity index (χ1) is 11.5. The second kappa shape index (κ2) is 6.38. The van der Waals surface area contributed by atoms with Gasteiger partial charge >= 0.3 is 0 Å². The van der Waals surface area contributed by atoms with Crippen LogP contribution in [0.15, 0.2) is 35.4 Å². The molecule has 0 fully saturated rings. The van der Waals surface area contributed by atoms with E-state index in [0.29, 0.717) is 10.7 Å². The Morgan fingerprint density at radius 2 is 2.17 bits per heavy atom. The maximum Gasteiger partial charge on any atom is 0.273 e. The van der Waals surface area contributed by atoms with Crippen LogP contribution < -0.4 is 16.6 Å². The molecule has 0 atom stereocenters. The van der Waals surface area contributed by atoms with E-state index in [1.807, 2.05) is 0 Å². The van der Waals surface area contributed by atoms with Crippen molar-refractivity contribution >= 4 is 50.9 Å². The molecule has 0 unspecified atom stereocenters. The van der Waals surface area contributed by atoms with Crippen LogP contribution in [-0.4, -0.2) is 25.7 Å². The monoisotopic (exact) mass is 363 g/mol. The number of carbonyl (C=O) groups excluding carboxylic acids is 2. The Hall–Kier alpha value is -2.78. The number of halogens is 1. The van der Waals surface area contributed by atoms with Gasteiger partial charge in [0, 0.05) is 10.7 Å². The van der Waals surface area contributed by atoms with E-state index in [2.05, 4.69) is 14.7 Å². The number of nitrogens with one attached hydrogen (secondary N) is 1. The third-order valence-electron chi connectivity index (χ3n) is 3.10. The Bertz CT molecular complexity index is 1010. The average molecular weight is 364 g/mol. The van der Waals surface area contributed by atoms with Gasteiger partial charge in [-0.05, 0) is 29.7 Å². The van der Waals surface area contributed by atoms with Gasteiger partial charge in [-0.3, -0.25) is 19.0 Å². The third kappa shape index (κ3) is 3.12. The highest BCUT2D eigenvalue weighted by Crippen LogP contribution is 2.17. The zero-order chi connectivity index (χ0) is 17.3. The van der Waals surface area contributed by atoms with Crippen molar-refractivity contribution in [2.75, 3.05) is 5.32 Å². The summed E-state index contributed by atoms with van der Waals surface area (Å²) in [6.07, 6.45) is 1.18. The van der Waals surface area contributed by atoms with Crippen LogP contribution in [0.4, 0.5) is 5.69 Å². The molecular formula is C14H10ClN5O3S. The first-order valence-corrected chi connectivity index (χ1v) is 7.81. The molecule has 0 saturated heterocycles. The van der Waals surface area contributed by atoms with E-state index in [1.165, 1.54) is 6.33 Å². The van der Waals surface area contributed by atoms with E-state index in [4.69, 9.17) is 17.3 Å². The van der Waals surface area contributed by atoms with Crippen LogP contribution in [-0.2, 0) is 11.3 Å². The number of benzene rings is 1. The van der Waals surface area contributed by atoms with E-state index in [0.717, 1.165) is 16.1 Å². The van der Waals surface area contributed by atoms with Crippen molar-refractivity contribution in [2.24, 2.45) is 5.73 Å². The van der Waals surface area contributed by atoms with Gasteiger partial charge in [-0.1, -0.05) is 17.7 Å². The van der Waals surface area contributed by atoms with Gasteiger partial charge in [0.15, 0.2) is 5.69 Å². The minimum absolute atomic E-state index is 0.0531. The SMILES string of the molecule is NC(=O)c1nsc2c(=O)n(CC(=O)Nc3cccc(Cl)c3)cnc12. The number of anilines is 1. The molecule has 0 radical (unpaired) electrons. The summed E-state index contributed by atoms with van der Waals surface area (Å²) in [5.74, 6) is -1.18. The predicted octanol–water partition coefficient (Wildman–Crippen LogP) is 1.24. The molecule has 8 nitrogen and oxygen atoms in total. The number of hydrogen-bond donors (Lipinski definition) is 2. The van der Waals surface area contributed by atoms with Crippen molar-refractivity contribution in [3.05, 3.63) is 51.7 Å². The summed E-state index contributed by atoms with van der Waals surface area (Å²) in [5.41, 5.74) is 5.31. The molecule has 3 rings (SSSR count). The molecule has 10 heteroatoms. The van der Waals surface area contributed by atoms with Crippen LogP contribution >= 0.6 is 23.1 Å². The van der Waals surface area contributed by atoms with Gasteiger partial charge in [0.2, 0.25) is 5.91 Å². The van der Waals surface area contributed by atoms with Gasteiger partial charge in [-0.15, -0.1) is 0 Å². The fourth-order valence-corrected chi connectivity index (χ4v) is 3.03. The molecule has 3 N–H and O–H groups in total. The minimum Gasteiger partial charge on any atom is -0.364 e. The highest BCUT2D eigenvalue weighted by atomic mass is 35.5. The lowest BCUT2D eigenvalue weighted by molar-refractivity contribution is -0.116. The number of fused-ring (bicyclic) bond motifs is 1. The Balaban J connectivity index is 1.85. The van der Waals surface area contributed by atoms with E-state index < -0.39 is 17.4 Å². The van der Waals surface area contributed by atoms with E-state index in [-0.39, 0.29) is 22.5 Å². The molecule has 2 heterocycles. The van der Waals surface area contributed by atoms with E-state index in [1.54, 1.807) is 24.3 Å². The second-order valence-corrected chi connectivity index (χ2v) is 6.02. The molecule has 24 heavy (non-hydrogen) atoms. The van der Waals surface area contributed by atoms with Crippen molar-refractivity contribution in [1.82, 2.24) is 13.9 Å². The summed E-state index contributed by atoms with van der Waals surface area (Å²) >= 11 is 6.67. The van der Waals surface area contributed by atoms with Crippen molar-refractivity contribution in [1.29, 1.82) is 0 Å². The Morgan fingerprint density at radius 3 is 2.88 bits per heavy atom. The molecule has 0 aliphatic carbocycles. The molecule has 0 bridgehead atoms. The lowest BCUT2D eigenvalue weighted by atomic mass is 10.3. The van der Waals surface area contributed by atoms with E-state index in [9.17, 15) is 14.4 Å². The molecule has 2 aromatic heterocycles. The smallest absolute Gasteiger partial charge is 0.273 e. The number of nitrogens with zero attached hydrogens (tertiary/aromatic N) is 3. The topological polar surface area (TPSA) is 120 Å². The second-order valence-electron chi connectivity index (χ2n) is 4.81. The highest BCUT2D eigenvalue weighted by Gasteiger charge is 2.17. The number of hydrogen-bond acceptors (Lipinski definition) is 6. The summed E-state index contributed by atoms with van der Waals surface area (Å²) in [6, 6.07) is 6.64. The lowest BCUT2D eigenvalue weighted by Crippen LogP contribution is -2.27. The molecule has 0 aliphatic heterocycles. The molecule has 0 spiro atoms. The van der Waals surface area contributed by atoms with Gasteiger partial charge in [-0.2, -0.15) is 4.37 Å². The summed E-state index contributed by atoms with van der Waals surface area (Å²) in [6.45, 7) is -0.238. The maximum atomic E-state index is 12.3. The fraction of sp³-hybridized carbons (Fsp3) is 0.0714. The van der Waals surface area contributed by atoms with Gasteiger partial charge in [0.05, 0.1) is 6.33 Å². The number of amides is 2. The van der Waals surface area contributed by atoms with Crippen molar-refractivity contribution in [3.63, 3.8) is 0 Å². The van der Waals surface area contributed by atoms with Gasteiger partial charge in [0.25, 0.3) is 11.5 Å². The first kappa shape index (κ1) is 16.1. The zero-order valence-corrected chi connectivity index (χ0v) is 13.6. The normalized spacial score (nSPS) is 10.7. The Kier molecular flexibility index (Phi) is 4.28. The van der Waals surface area contributed by atoms with Crippen LogP contribution in [0.25, 0.3) is 10.2 Å². The number of rotatable bonds is 4. The molecule has 2 amide bonds. The summed E-state index contributed by atoms with van der Waals surface area (Å²) < 4.78 is 5.13. The van der Waals surface area contributed by atoms with Crippen molar-refractivity contribution in [2.45, 2.75) is 6.54 Å². The molecular weight excluding hydrogens is 354 g/mol. The van der Waals surface area contributed by atoms with Gasteiger partial charge in [-0.25, -0.2) is 4.98 Å².